The molecule has 0 aromatic carbocycles. The van der Waals surface area contributed by atoms with E-state index in [1.165, 1.54) is 28.0 Å². The lowest BCUT2D eigenvalue weighted by Gasteiger charge is -2.49. The van der Waals surface area contributed by atoms with Crippen LogP contribution < -0.4 is 5.32 Å². The van der Waals surface area contributed by atoms with Crippen molar-refractivity contribution in [1.29, 1.82) is 0 Å². The van der Waals surface area contributed by atoms with E-state index >= 15 is 0 Å². The minimum Gasteiger partial charge on any atom is -0.477 e. The fourth-order valence-electron chi connectivity index (χ4n) is 3.03. The van der Waals surface area contributed by atoms with E-state index in [2.05, 4.69) is 5.32 Å². The predicted molar refractivity (Wildman–Crippen MR) is 104 cm³/mol. The van der Waals surface area contributed by atoms with E-state index in [0.717, 1.165) is 4.88 Å². The maximum atomic E-state index is 12.5. The average Bonchev–Trinajstić information content (AvgIpc) is 3.16. The minimum absolute atomic E-state index is 0.151. The van der Waals surface area contributed by atoms with Gasteiger partial charge >= 0.3 is 11.9 Å². The number of carbonyl (C=O) groups excluding carboxylic acids is 3. The second-order valence-electron chi connectivity index (χ2n) is 6.38. The molecule has 0 spiro atoms. The number of esters is 1. The van der Waals surface area contributed by atoms with Gasteiger partial charge in [0.05, 0.1) is 6.42 Å². The molecular weight excluding hydrogens is 404 g/mol. The van der Waals surface area contributed by atoms with Crippen LogP contribution in [-0.2, 0) is 30.3 Å². The molecule has 1 aromatic rings. The van der Waals surface area contributed by atoms with Crippen LogP contribution in [0.5, 0.6) is 0 Å². The molecule has 2 aliphatic rings. The normalized spacial score (nSPS) is 21.0. The zero-order chi connectivity index (χ0) is 20.3. The average molecular weight is 425 g/mol. The van der Waals surface area contributed by atoms with Crippen molar-refractivity contribution in [3.05, 3.63) is 33.7 Å². The Bertz CT molecular complexity index is 820. The summed E-state index contributed by atoms with van der Waals surface area (Å²) in [7, 11) is 0. The highest BCUT2D eigenvalue weighted by atomic mass is 32.2. The van der Waals surface area contributed by atoms with Gasteiger partial charge in [-0.2, -0.15) is 0 Å². The smallest absolute Gasteiger partial charge is 0.352 e. The maximum absolute atomic E-state index is 12.5. The number of carboxylic acid groups (broad SMARTS) is 1. The number of ether oxygens (including phenoxy) is 1. The summed E-state index contributed by atoms with van der Waals surface area (Å²) in [6.07, 6.45) is 1.07. The van der Waals surface area contributed by atoms with Gasteiger partial charge in [0, 0.05) is 22.6 Å². The van der Waals surface area contributed by atoms with Crippen LogP contribution in [0.1, 0.15) is 24.6 Å². The van der Waals surface area contributed by atoms with E-state index in [9.17, 15) is 24.3 Å². The number of hydrogen-bond acceptors (Lipinski definition) is 7. The summed E-state index contributed by atoms with van der Waals surface area (Å²) in [4.78, 5) is 50.1. The first-order valence-electron chi connectivity index (χ1n) is 8.79. The molecule has 2 amide bonds. The Hall–Kier alpha value is -2.33. The molecule has 0 saturated carbocycles. The third kappa shape index (κ3) is 4.22. The van der Waals surface area contributed by atoms with E-state index in [1.807, 2.05) is 24.4 Å². The van der Waals surface area contributed by atoms with Crippen molar-refractivity contribution in [3.63, 3.8) is 0 Å². The van der Waals surface area contributed by atoms with Crippen LogP contribution in [0.15, 0.2) is 28.8 Å². The summed E-state index contributed by atoms with van der Waals surface area (Å²) < 4.78 is 5.12. The van der Waals surface area contributed by atoms with E-state index in [4.69, 9.17) is 4.74 Å². The third-order valence-electron chi connectivity index (χ3n) is 4.34. The van der Waals surface area contributed by atoms with Crippen LogP contribution in [0.3, 0.4) is 0 Å². The Morgan fingerprint density at radius 3 is 2.82 bits per heavy atom. The Labute approximate surface area is 169 Å². The topological polar surface area (TPSA) is 113 Å². The van der Waals surface area contributed by atoms with Crippen LogP contribution in [0, 0.1) is 0 Å². The molecule has 1 unspecified atom stereocenters. The minimum atomic E-state index is -1.25. The SMILES string of the molecule is CCCC(=O)OCC1=C(C(=O)O)N2C(=O)C(NC(=O)Cc3cccs3)[C@H]2SC1. The number of nitrogens with zero attached hydrogens (tertiary/aromatic N) is 1. The van der Waals surface area contributed by atoms with Gasteiger partial charge in [0.1, 0.15) is 23.7 Å². The maximum Gasteiger partial charge on any atom is 0.352 e. The van der Waals surface area contributed by atoms with Gasteiger partial charge in [0.25, 0.3) is 5.91 Å². The molecule has 2 aliphatic heterocycles. The van der Waals surface area contributed by atoms with Crippen molar-refractivity contribution in [3.8, 4) is 0 Å². The summed E-state index contributed by atoms with van der Waals surface area (Å²) in [6.45, 7) is 1.69. The van der Waals surface area contributed by atoms with E-state index < -0.39 is 29.3 Å². The van der Waals surface area contributed by atoms with Gasteiger partial charge in [-0.05, 0) is 17.9 Å². The molecule has 10 heteroatoms. The predicted octanol–water partition coefficient (Wildman–Crippen LogP) is 1.37. The monoisotopic (exact) mass is 424 g/mol. The lowest BCUT2D eigenvalue weighted by Crippen LogP contribution is -2.70. The molecule has 28 heavy (non-hydrogen) atoms. The molecular formula is C18H20N2O6S2. The first-order valence-corrected chi connectivity index (χ1v) is 10.7. The number of nitrogens with one attached hydrogen (secondary N) is 1. The molecule has 8 nitrogen and oxygen atoms in total. The van der Waals surface area contributed by atoms with Gasteiger partial charge in [-0.1, -0.05) is 13.0 Å². The number of amides is 2. The Kier molecular flexibility index (Phi) is 6.40. The molecule has 150 valence electrons. The van der Waals surface area contributed by atoms with Crippen LogP contribution in [0.2, 0.25) is 0 Å². The second-order valence-corrected chi connectivity index (χ2v) is 8.52. The number of hydrogen-bond donors (Lipinski definition) is 2. The van der Waals surface area contributed by atoms with Gasteiger partial charge in [0.15, 0.2) is 0 Å². The number of fused-ring (bicyclic) bond motifs is 1. The molecule has 1 saturated heterocycles. The van der Waals surface area contributed by atoms with Crippen LogP contribution in [-0.4, -0.2) is 57.5 Å². The number of β-lactam (4-membered cyclic amide) rings is 1. The molecule has 1 aromatic heterocycles. The van der Waals surface area contributed by atoms with Gasteiger partial charge in [0.2, 0.25) is 5.91 Å². The molecule has 2 atom stereocenters. The van der Waals surface area contributed by atoms with Crippen molar-refractivity contribution >= 4 is 46.9 Å². The van der Waals surface area contributed by atoms with Crippen molar-refractivity contribution in [2.45, 2.75) is 37.6 Å². The number of rotatable bonds is 8. The number of thiophene rings is 1. The highest BCUT2D eigenvalue weighted by Crippen LogP contribution is 2.40. The quantitative estimate of drug-likeness (QED) is 0.479. The summed E-state index contributed by atoms with van der Waals surface area (Å²) in [5, 5.41) is 13.7. The van der Waals surface area contributed by atoms with Crippen molar-refractivity contribution in [2.75, 3.05) is 12.4 Å². The van der Waals surface area contributed by atoms with Crippen molar-refractivity contribution < 1.29 is 29.0 Å². The van der Waals surface area contributed by atoms with E-state index in [1.54, 1.807) is 0 Å². The Morgan fingerprint density at radius 1 is 1.39 bits per heavy atom. The number of thioether (sulfide) groups is 1. The highest BCUT2D eigenvalue weighted by molar-refractivity contribution is 8.00. The van der Waals surface area contributed by atoms with Gasteiger partial charge in [-0.25, -0.2) is 4.79 Å². The summed E-state index contributed by atoms with van der Waals surface area (Å²) in [5.41, 5.74) is 0.233. The van der Waals surface area contributed by atoms with Gasteiger partial charge in [-0.3, -0.25) is 19.3 Å². The Morgan fingerprint density at radius 2 is 2.18 bits per heavy atom. The second kappa shape index (κ2) is 8.78. The standard InChI is InChI=1S/C18H20N2O6S2/c1-2-4-13(22)26-8-10-9-28-17-14(16(23)20(17)15(10)18(24)25)19-12(21)7-11-5-3-6-27-11/h3,5-6,14,17H,2,4,7-9H2,1H3,(H,19,21)(H,24,25)/t14?,17-/m1/s1. The third-order valence-corrected chi connectivity index (χ3v) is 6.56. The summed E-state index contributed by atoms with van der Waals surface area (Å²) in [6, 6.07) is 2.93. The lowest BCUT2D eigenvalue weighted by molar-refractivity contribution is -0.151. The van der Waals surface area contributed by atoms with E-state index in [0.29, 0.717) is 17.7 Å². The first kappa shape index (κ1) is 20.4. The summed E-state index contributed by atoms with van der Waals surface area (Å²) in [5.74, 6) is -2.08. The highest BCUT2D eigenvalue weighted by Gasteiger charge is 2.54. The fraction of sp³-hybridized carbons (Fsp3) is 0.444. The molecule has 2 N–H and O–H groups in total. The zero-order valence-corrected chi connectivity index (χ0v) is 16.8. The molecule has 3 heterocycles. The molecule has 0 bridgehead atoms. The molecule has 3 rings (SSSR count). The van der Waals surface area contributed by atoms with Crippen molar-refractivity contribution in [1.82, 2.24) is 10.2 Å². The van der Waals surface area contributed by atoms with Crippen LogP contribution in [0.25, 0.3) is 0 Å². The molecule has 0 radical (unpaired) electrons. The van der Waals surface area contributed by atoms with Crippen LogP contribution >= 0.6 is 23.1 Å². The number of carbonyl (C=O) groups is 4. The fourth-order valence-corrected chi connectivity index (χ4v) is 5.06. The molecule has 0 aliphatic carbocycles. The van der Waals surface area contributed by atoms with Gasteiger partial charge in [-0.15, -0.1) is 23.1 Å². The van der Waals surface area contributed by atoms with Crippen molar-refractivity contribution in [2.24, 2.45) is 0 Å². The summed E-state index contributed by atoms with van der Waals surface area (Å²) >= 11 is 2.80. The number of carboxylic acids is 1. The zero-order valence-electron chi connectivity index (χ0n) is 15.2. The first-order chi connectivity index (χ1) is 13.4. The Balaban J connectivity index is 1.66. The number of aliphatic carboxylic acids is 1. The largest absolute Gasteiger partial charge is 0.477 e. The molecule has 1 fully saturated rings. The van der Waals surface area contributed by atoms with Gasteiger partial charge < -0.3 is 15.2 Å². The van der Waals surface area contributed by atoms with Crippen LogP contribution in [0.4, 0.5) is 0 Å². The van der Waals surface area contributed by atoms with E-state index in [-0.39, 0.29) is 31.1 Å². The lowest BCUT2D eigenvalue weighted by atomic mass is 10.0.